The zero-order valence-corrected chi connectivity index (χ0v) is 10.3. The Morgan fingerprint density at radius 1 is 1.35 bits per heavy atom. The Kier molecular flexibility index (Phi) is 3.09. The highest BCUT2D eigenvalue weighted by Crippen LogP contribution is 2.29. The lowest BCUT2D eigenvalue weighted by Crippen LogP contribution is -2.25. The number of benzene rings is 1. The van der Waals surface area contributed by atoms with E-state index in [9.17, 15) is 17.6 Å². The highest BCUT2D eigenvalue weighted by Gasteiger charge is 2.27. The van der Waals surface area contributed by atoms with Crippen LogP contribution in [-0.2, 0) is 13.8 Å². The fourth-order valence-corrected chi connectivity index (χ4v) is 2.72. The lowest BCUT2D eigenvalue weighted by Gasteiger charge is -2.17. The molecule has 1 aliphatic rings. The molecule has 0 atom stereocenters. The molecule has 17 heavy (non-hydrogen) atoms. The summed E-state index contributed by atoms with van der Waals surface area (Å²) >= 11 is 0. The largest absolute Gasteiger partial charge is 0.310 e. The summed E-state index contributed by atoms with van der Waals surface area (Å²) in [4.78, 5) is 12.1. The topological polar surface area (TPSA) is 54.5 Å². The molecule has 1 aromatic rings. The molecular weight excluding hydrogens is 269 g/mol. The number of anilines is 1. The van der Waals surface area contributed by atoms with Crippen LogP contribution in [0.1, 0.15) is 12.8 Å². The minimum absolute atomic E-state index is 0.0331. The normalized spacial score (nSPS) is 16.6. The molecule has 0 bridgehead atoms. The second-order valence-electron chi connectivity index (χ2n) is 3.68. The van der Waals surface area contributed by atoms with Gasteiger partial charge in [0.25, 0.3) is 9.05 Å². The summed E-state index contributed by atoms with van der Waals surface area (Å²) in [6.07, 6.45) is 0.980. The molecule has 0 aliphatic carbocycles. The number of hydrogen-bond acceptors (Lipinski definition) is 3. The lowest BCUT2D eigenvalue weighted by atomic mass is 10.3. The average Bonchev–Trinajstić information content (AvgIpc) is 2.63. The molecule has 1 amide bonds. The van der Waals surface area contributed by atoms with Crippen LogP contribution in [0.4, 0.5) is 10.1 Å². The second-order valence-corrected chi connectivity index (χ2v) is 6.21. The van der Waals surface area contributed by atoms with Crippen molar-refractivity contribution in [3.63, 3.8) is 0 Å². The molecule has 1 saturated heterocycles. The van der Waals surface area contributed by atoms with Crippen molar-refractivity contribution in [2.45, 2.75) is 17.7 Å². The third kappa shape index (κ3) is 2.28. The number of carbonyl (C=O) groups is 1. The van der Waals surface area contributed by atoms with Gasteiger partial charge >= 0.3 is 0 Å². The van der Waals surface area contributed by atoms with E-state index in [0.29, 0.717) is 19.4 Å². The van der Waals surface area contributed by atoms with E-state index >= 15 is 0 Å². The minimum Gasteiger partial charge on any atom is -0.310 e. The van der Waals surface area contributed by atoms with Crippen LogP contribution in [0.15, 0.2) is 23.1 Å². The Bertz CT molecular complexity index is 573. The van der Waals surface area contributed by atoms with E-state index in [4.69, 9.17) is 10.7 Å². The van der Waals surface area contributed by atoms with Crippen molar-refractivity contribution in [1.82, 2.24) is 0 Å². The van der Waals surface area contributed by atoms with Gasteiger partial charge in [0.1, 0.15) is 4.90 Å². The number of halogens is 2. The summed E-state index contributed by atoms with van der Waals surface area (Å²) in [5.41, 5.74) is -0.0331. The molecule has 1 heterocycles. The van der Waals surface area contributed by atoms with Crippen LogP contribution < -0.4 is 4.90 Å². The summed E-state index contributed by atoms with van der Waals surface area (Å²) in [7, 11) is 0.964. The lowest BCUT2D eigenvalue weighted by molar-refractivity contribution is -0.117. The van der Waals surface area contributed by atoms with Gasteiger partial charge in [-0.3, -0.25) is 4.79 Å². The molecule has 7 heteroatoms. The SMILES string of the molecule is O=C1CCCN1c1cccc(S(=O)(=O)Cl)c1F. The van der Waals surface area contributed by atoms with Gasteiger partial charge in [-0.15, -0.1) is 0 Å². The molecule has 0 radical (unpaired) electrons. The predicted octanol–water partition coefficient (Wildman–Crippen LogP) is 1.88. The van der Waals surface area contributed by atoms with Crippen LogP contribution in [0, 0.1) is 5.82 Å². The van der Waals surface area contributed by atoms with Gasteiger partial charge < -0.3 is 4.90 Å². The van der Waals surface area contributed by atoms with Crippen molar-refractivity contribution in [2.75, 3.05) is 11.4 Å². The molecule has 1 aliphatic heterocycles. The zero-order chi connectivity index (χ0) is 12.6. The number of rotatable bonds is 2. The van der Waals surface area contributed by atoms with Crippen molar-refractivity contribution in [2.24, 2.45) is 0 Å². The molecule has 0 saturated carbocycles. The van der Waals surface area contributed by atoms with E-state index in [1.165, 1.54) is 17.0 Å². The molecule has 1 fully saturated rings. The maximum atomic E-state index is 13.9. The van der Waals surface area contributed by atoms with Crippen LogP contribution in [-0.4, -0.2) is 20.9 Å². The third-order valence-electron chi connectivity index (χ3n) is 2.57. The van der Waals surface area contributed by atoms with Crippen molar-refractivity contribution in [3.8, 4) is 0 Å². The van der Waals surface area contributed by atoms with E-state index in [1.54, 1.807) is 0 Å². The smallest absolute Gasteiger partial charge is 0.264 e. The summed E-state index contributed by atoms with van der Waals surface area (Å²) in [6, 6.07) is 3.80. The Hall–Kier alpha value is -1.14. The van der Waals surface area contributed by atoms with Crippen LogP contribution in [0.5, 0.6) is 0 Å². The second kappa shape index (κ2) is 4.27. The number of amides is 1. The van der Waals surface area contributed by atoms with Crippen LogP contribution >= 0.6 is 10.7 Å². The highest BCUT2D eigenvalue weighted by atomic mass is 35.7. The average molecular weight is 278 g/mol. The van der Waals surface area contributed by atoms with Crippen molar-refractivity contribution in [3.05, 3.63) is 24.0 Å². The molecule has 92 valence electrons. The molecule has 1 aromatic carbocycles. The standard InChI is InChI=1S/C10H9ClFNO3S/c11-17(15,16)8-4-1-3-7(10(8)12)13-6-2-5-9(13)14/h1,3-4H,2,5-6H2. The third-order valence-corrected chi connectivity index (χ3v) is 3.91. The summed E-state index contributed by atoms with van der Waals surface area (Å²) < 4.78 is 36.2. The van der Waals surface area contributed by atoms with Gasteiger partial charge in [0.05, 0.1) is 5.69 Å². The molecule has 2 rings (SSSR count). The fourth-order valence-electron chi connectivity index (χ4n) is 1.80. The first-order chi connectivity index (χ1) is 7.91. The molecular formula is C10H9ClFNO3S. The fraction of sp³-hybridized carbons (Fsp3) is 0.300. The maximum absolute atomic E-state index is 13.9. The van der Waals surface area contributed by atoms with Gasteiger partial charge in [-0.05, 0) is 18.6 Å². The first-order valence-electron chi connectivity index (χ1n) is 4.95. The first kappa shape index (κ1) is 12.3. The summed E-state index contributed by atoms with van der Waals surface area (Å²) in [5.74, 6) is -1.19. The van der Waals surface area contributed by atoms with Crippen LogP contribution in [0.2, 0.25) is 0 Å². The van der Waals surface area contributed by atoms with Gasteiger partial charge in [0.15, 0.2) is 5.82 Å². The van der Waals surface area contributed by atoms with E-state index < -0.39 is 19.8 Å². The number of carbonyl (C=O) groups excluding carboxylic acids is 1. The van der Waals surface area contributed by atoms with Crippen LogP contribution in [0.3, 0.4) is 0 Å². The molecule has 0 spiro atoms. The zero-order valence-electron chi connectivity index (χ0n) is 8.69. The van der Waals surface area contributed by atoms with Gasteiger partial charge in [-0.25, -0.2) is 12.8 Å². The van der Waals surface area contributed by atoms with Gasteiger partial charge in [-0.1, -0.05) is 6.07 Å². The van der Waals surface area contributed by atoms with Gasteiger partial charge in [0, 0.05) is 23.6 Å². The first-order valence-corrected chi connectivity index (χ1v) is 7.26. The van der Waals surface area contributed by atoms with E-state index in [1.807, 2.05) is 0 Å². The quantitative estimate of drug-likeness (QED) is 0.776. The minimum atomic E-state index is -4.14. The molecule has 4 nitrogen and oxygen atoms in total. The Labute approximate surface area is 102 Å². The van der Waals surface area contributed by atoms with E-state index in [-0.39, 0.29) is 11.6 Å². The molecule has 0 N–H and O–H groups in total. The predicted molar refractivity (Wildman–Crippen MR) is 61.0 cm³/mol. The Morgan fingerprint density at radius 3 is 2.59 bits per heavy atom. The van der Waals surface area contributed by atoms with Crippen molar-refractivity contribution < 1.29 is 17.6 Å². The molecule has 0 aromatic heterocycles. The summed E-state index contributed by atoms with van der Waals surface area (Å²) in [6.45, 7) is 0.390. The summed E-state index contributed by atoms with van der Waals surface area (Å²) in [5, 5.41) is 0. The maximum Gasteiger partial charge on any atom is 0.264 e. The Balaban J connectivity index is 2.53. The highest BCUT2D eigenvalue weighted by molar-refractivity contribution is 8.13. The van der Waals surface area contributed by atoms with Gasteiger partial charge in [0.2, 0.25) is 5.91 Å². The van der Waals surface area contributed by atoms with Gasteiger partial charge in [-0.2, -0.15) is 0 Å². The van der Waals surface area contributed by atoms with Crippen molar-refractivity contribution >= 4 is 31.3 Å². The monoisotopic (exact) mass is 277 g/mol. The van der Waals surface area contributed by atoms with Crippen molar-refractivity contribution in [1.29, 1.82) is 0 Å². The molecule has 0 unspecified atom stereocenters. The van der Waals surface area contributed by atoms with E-state index in [2.05, 4.69) is 0 Å². The number of nitrogens with zero attached hydrogens (tertiary/aromatic N) is 1. The Morgan fingerprint density at radius 2 is 2.06 bits per heavy atom. The van der Waals surface area contributed by atoms with Crippen LogP contribution in [0.25, 0.3) is 0 Å². The van der Waals surface area contributed by atoms with E-state index in [0.717, 1.165) is 6.07 Å². The number of hydrogen-bond donors (Lipinski definition) is 0.